The first-order valence-corrected chi connectivity index (χ1v) is 5.60. The van der Waals surface area contributed by atoms with Gasteiger partial charge in [-0.2, -0.15) is 4.98 Å². The van der Waals surface area contributed by atoms with Crippen LogP contribution in [-0.2, 0) is 6.54 Å². The molecule has 3 N–H and O–H groups in total. The quantitative estimate of drug-likeness (QED) is 0.905. The van der Waals surface area contributed by atoms with Gasteiger partial charge in [-0.1, -0.05) is 28.1 Å². The summed E-state index contributed by atoms with van der Waals surface area (Å²) in [5, 5.41) is 3.10. The first-order valence-electron chi connectivity index (χ1n) is 4.81. The topological polar surface area (TPSA) is 63.8 Å². The molecule has 2 rings (SSSR count). The van der Waals surface area contributed by atoms with Crippen molar-refractivity contribution in [3.63, 3.8) is 0 Å². The zero-order valence-electron chi connectivity index (χ0n) is 8.52. The highest BCUT2D eigenvalue weighted by Crippen LogP contribution is 2.11. The van der Waals surface area contributed by atoms with E-state index in [1.54, 1.807) is 12.3 Å². The number of halogens is 1. The van der Waals surface area contributed by atoms with Gasteiger partial charge in [0, 0.05) is 17.2 Å². The van der Waals surface area contributed by atoms with Gasteiger partial charge in [-0.05, 0) is 23.8 Å². The summed E-state index contributed by atoms with van der Waals surface area (Å²) in [5.74, 6) is 1.01. The third-order valence-electron chi connectivity index (χ3n) is 2.04. The molecule has 1 aromatic heterocycles. The minimum atomic E-state index is 0.466. The number of anilines is 2. The van der Waals surface area contributed by atoms with Crippen molar-refractivity contribution < 1.29 is 0 Å². The molecule has 1 heterocycles. The molecule has 1 aromatic carbocycles. The Morgan fingerprint density at radius 2 is 1.94 bits per heavy atom. The van der Waals surface area contributed by atoms with Crippen LogP contribution in [0.2, 0.25) is 0 Å². The predicted molar refractivity (Wildman–Crippen MR) is 67.9 cm³/mol. The lowest BCUT2D eigenvalue weighted by molar-refractivity contribution is 1.06. The molecule has 0 aliphatic rings. The fourth-order valence-electron chi connectivity index (χ4n) is 1.24. The number of benzene rings is 1. The van der Waals surface area contributed by atoms with E-state index in [4.69, 9.17) is 5.73 Å². The predicted octanol–water partition coefficient (Wildman–Crippen LogP) is 2.43. The maximum absolute atomic E-state index is 5.55. The molecule has 5 heteroatoms. The van der Waals surface area contributed by atoms with Crippen LogP contribution in [-0.4, -0.2) is 9.97 Å². The third kappa shape index (κ3) is 2.93. The fourth-order valence-corrected chi connectivity index (χ4v) is 1.51. The van der Waals surface area contributed by atoms with Gasteiger partial charge in [0.1, 0.15) is 5.82 Å². The molecule has 0 fully saturated rings. The van der Waals surface area contributed by atoms with Gasteiger partial charge in [0.25, 0.3) is 0 Å². The van der Waals surface area contributed by atoms with Gasteiger partial charge < -0.3 is 11.1 Å². The van der Waals surface area contributed by atoms with E-state index in [1.807, 2.05) is 24.3 Å². The maximum Gasteiger partial charge on any atom is 0.224 e. The molecule has 16 heavy (non-hydrogen) atoms. The monoisotopic (exact) mass is 278 g/mol. The van der Waals surface area contributed by atoms with Crippen LogP contribution < -0.4 is 11.1 Å². The Labute approximate surface area is 102 Å². The second-order valence-corrected chi connectivity index (χ2v) is 4.20. The number of nitrogens with zero attached hydrogens (tertiary/aromatic N) is 2. The average Bonchev–Trinajstić information content (AvgIpc) is 2.28. The van der Waals surface area contributed by atoms with E-state index in [2.05, 4.69) is 31.2 Å². The molecule has 0 aliphatic carbocycles. The summed E-state index contributed by atoms with van der Waals surface area (Å²) in [5.41, 5.74) is 6.71. The van der Waals surface area contributed by atoms with Crippen molar-refractivity contribution >= 4 is 27.7 Å². The first kappa shape index (κ1) is 10.9. The summed E-state index contributed by atoms with van der Waals surface area (Å²) < 4.78 is 1.07. The van der Waals surface area contributed by atoms with E-state index in [-0.39, 0.29) is 0 Å². The average molecular weight is 279 g/mol. The zero-order valence-corrected chi connectivity index (χ0v) is 10.1. The van der Waals surface area contributed by atoms with E-state index in [0.717, 1.165) is 10.0 Å². The van der Waals surface area contributed by atoms with Crippen LogP contribution in [0, 0.1) is 0 Å². The molecule has 4 nitrogen and oxygen atoms in total. The Balaban J connectivity index is 1.99. The Morgan fingerprint density at radius 3 is 2.62 bits per heavy atom. The van der Waals surface area contributed by atoms with Gasteiger partial charge in [-0.25, -0.2) is 4.98 Å². The number of hydrogen-bond donors (Lipinski definition) is 2. The van der Waals surface area contributed by atoms with Crippen LogP contribution >= 0.6 is 15.9 Å². The molecule has 0 bridgehead atoms. The van der Waals surface area contributed by atoms with Gasteiger partial charge in [-0.3, -0.25) is 0 Å². The van der Waals surface area contributed by atoms with Crippen molar-refractivity contribution in [3.05, 3.63) is 46.6 Å². The Bertz CT molecular complexity index is 470. The maximum atomic E-state index is 5.55. The van der Waals surface area contributed by atoms with Crippen LogP contribution in [0.15, 0.2) is 41.0 Å². The van der Waals surface area contributed by atoms with E-state index >= 15 is 0 Å². The minimum Gasteiger partial charge on any atom is -0.384 e. The number of nitrogen functional groups attached to an aromatic ring is 1. The number of aromatic nitrogens is 2. The molecule has 0 unspecified atom stereocenters. The highest BCUT2D eigenvalue weighted by atomic mass is 79.9. The van der Waals surface area contributed by atoms with Gasteiger partial charge >= 0.3 is 0 Å². The standard InChI is InChI=1S/C11H11BrN4/c12-9-3-1-8(2-4-9)7-15-11-14-6-5-10(13)16-11/h1-6H,7H2,(H3,13,14,15,16). The molecule has 0 saturated heterocycles. The molecule has 2 aromatic rings. The number of nitrogens with two attached hydrogens (primary N) is 1. The number of nitrogens with one attached hydrogen (secondary N) is 1. The second-order valence-electron chi connectivity index (χ2n) is 3.29. The normalized spacial score (nSPS) is 10.1. The molecule has 0 saturated carbocycles. The highest BCUT2D eigenvalue weighted by Gasteiger charge is 1.97. The lowest BCUT2D eigenvalue weighted by Gasteiger charge is -2.05. The molecule has 0 amide bonds. The smallest absolute Gasteiger partial charge is 0.224 e. The van der Waals surface area contributed by atoms with Crippen molar-refractivity contribution in [1.29, 1.82) is 0 Å². The lowest BCUT2D eigenvalue weighted by Crippen LogP contribution is -2.04. The fraction of sp³-hybridized carbons (Fsp3) is 0.0909. The summed E-state index contributed by atoms with van der Waals surface area (Å²) in [6.07, 6.45) is 1.63. The SMILES string of the molecule is Nc1ccnc(NCc2ccc(Br)cc2)n1. The molecular weight excluding hydrogens is 268 g/mol. The summed E-state index contributed by atoms with van der Waals surface area (Å²) in [7, 11) is 0. The zero-order chi connectivity index (χ0) is 11.4. The van der Waals surface area contributed by atoms with E-state index in [9.17, 15) is 0 Å². The Morgan fingerprint density at radius 1 is 1.19 bits per heavy atom. The summed E-state index contributed by atoms with van der Waals surface area (Å²) in [6.45, 7) is 0.677. The van der Waals surface area contributed by atoms with Crippen LogP contribution in [0.5, 0.6) is 0 Å². The molecule has 0 radical (unpaired) electrons. The molecule has 0 spiro atoms. The molecular formula is C11H11BrN4. The second kappa shape index (κ2) is 4.94. The van der Waals surface area contributed by atoms with Crippen molar-refractivity contribution in [2.45, 2.75) is 6.54 Å². The van der Waals surface area contributed by atoms with Crippen LogP contribution in [0.3, 0.4) is 0 Å². The largest absolute Gasteiger partial charge is 0.384 e. The summed E-state index contributed by atoms with van der Waals surface area (Å²) in [4.78, 5) is 8.11. The third-order valence-corrected chi connectivity index (χ3v) is 2.57. The number of hydrogen-bond acceptors (Lipinski definition) is 4. The highest BCUT2D eigenvalue weighted by molar-refractivity contribution is 9.10. The lowest BCUT2D eigenvalue weighted by atomic mass is 10.2. The van der Waals surface area contributed by atoms with Crippen LogP contribution in [0.1, 0.15) is 5.56 Å². The summed E-state index contributed by atoms with van der Waals surface area (Å²) >= 11 is 3.39. The van der Waals surface area contributed by atoms with Crippen molar-refractivity contribution in [2.24, 2.45) is 0 Å². The van der Waals surface area contributed by atoms with Crippen LogP contribution in [0.25, 0.3) is 0 Å². The Kier molecular flexibility index (Phi) is 3.36. The van der Waals surface area contributed by atoms with Gasteiger partial charge in [-0.15, -0.1) is 0 Å². The molecule has 82 valence electrons. The number of rotatable bonds is 3. The minimum absolute atomic E-state index is 0.466. The van der Waals surface area contributed by atoms with Gasteiger partial charge in [0.15, 0.2) is 0 Å². The summed E-state index contributed by atoms with van der Waals surface area (Å²) in [6, 6.07) is 9.71. The van der Waals surface area contributed by atoms with E-state index in [1.165, 1.54) is 0 Å². The van der Waals surface area contributed by atoms with Gasteiger partial charge in [0.2, 0.25) is 5.95 Å². The van der Waals surface area contributed by atoms with Crippen LogP contribution in [0.4, 0.5) is 11.8 Å². The van der Waals surface area contributed by atoms with Crippen molar-refractivity contribution in [3.8, 4) is 0 Å². The van der Waals surface area contributed by atoms with Crippen molar-refractivity contribution in [1.82, 2.24) is 9.97 Å². The van der Waals surface area contributed by atoms with E-state index < -0.39 is 0 Å². The molecule has 0 atom stereocenters. The van der Waals surface area contributed by atoms with Crippen molar-refractivity contribution in [2.75, 3.05) is 11.1 Å². The van der Waals surface area contributed by atoms with Gasteiger partial charge in [0.05, 0.1) is 0 Å². The Hall–Kier alpha value is -1.62. The first-order chi connectivity index (χ1) is 7.74. The van der Waals surface area contributed by atoms with E-state index in [0.29, 0.717) is 18.3 Å². The molecule has 0 aliphatic heterocycles.